The first kappa shape index (κ1) is 13.6. The van der Waals surface area contributed by atoms with Crippen LogP contribution in [0, 0.1) is 13.8 Å². The van der Waals surface area contributed by atoms with Crippen LogP contribution in [0.4, 0.5) is 5.00 Å². The number of carbonyl (C=O) groups is 1. The van der Waals surface area contributed by atoms with Crippen molar-refractivity contribution in [2.45, 2.75) is 20.8 Å². The monoisotopic (exact) mass is 275 g/mol. The molecule has 1 aromatic carbocycles. The molecule has 1 N–H and O–H groups in total. The van der Waals surface area contributed by atoms with Crippen molar-refractivity contribution in [3.8, 4) is 5.75 Å². The van der Waals surface area contributed by atoms with Gasteiger partial charge in [0.1, 0.15) is 5.75 Å². The molecular weight excluding hydrogens is 258 g/mol. The van der Waals surface area contributed by atoms with E-state index < -0.39 is 0 Å². The number of ether oxygens (including phenoxy) is 1. The minimum atomic E-state index is -0.109. The highest BCUT2D eigenvalue weighted by Gasteiger charge is 2.09. The van der Waals surface area contributed by atoms with Crippen LogP contribution >= 0.6 is 11.3 Å². The molecule has 1 aromatic heterocycles. The normalized spacial score (nSPS) is 10.3. The summed E-state index contributed by atoms with van der Waals surface area (Å²) in [5, 5.41) is 3.79. The summed E-state index contributed by atoms with van der Waals surface area (Å²) < 4.78 is 5.39. The van der Waals surface area contributed by atoms with Gasteiger partial charge in [-0.05, 0) is 50.6 Å². The second-order valence-electron chi connectivity index (χ2n) is 4.26. The molecule has 0 saturated heterocycles. The number of aryl methyl sites for hydroxylation is 2. The molecule has 0 atom stereocenters. The van der Waals surface area contributed by atoms with Gasteiger partial charge >= 0.3 is 0 Å². The third-order valence-electron chi connectivity index (χ3n) is 2.81. The van der Waals surface area contributed by atoms with Crippen molar-refractivity contribution in [1.82, 2.24) is 0 Å². The second-order valence-corrected chi connectivity index (χ2v) is 5.52. The van der Waals surface area contributed by atoms with E-state index in [1.54, 1.807) is 23.5 Å². The van der Waals surface area contributed by atoms with Crippen LogP contribution in [0.3, 0.4) is 0 Å². The highest BCUT2D eigenvalue weighted by atomic mass is 32.1. The zero-order chi connectivity index (χ0) is 13.8. The lowest BCUT2D eigenvalue weighted by molar-refractivity contribution is 0.102. The molecule has 0 aliphatic heterocycles. The van der Waals surface area contributed by atoms with Crippen molar-refractivity contribution in [1.29, 1.82) is 0 Å². The highest BCUT2D eigenvalue weighted by molar-refractivity contribution is 7.16. The van der Waals surface area contributed by atoms with Gasteiger partial charge in [-0.2, -0.15) is 0 Å². The smallest absolute Gasteiger partial charge is 0.256 e. The summed E-state index contributed by atoms with van der Waals surface area (Å²) in [7, 11) is 0. The Hall–Kier alpha value is -1.81. The maximum absolute atomic E-state index is 12.1. The molecule has 0 saturated carbocycles. The molecule has 4 heteroatoms. The number of nitrogens with one attached hydrogen (secondary N) is 1. The Balaban J connectivity index is 2.13. The van der Waals surface area contributed by atoms with Gasteiger partial charge in [0.2, 0.25) is 0 Å². The van der Waals surface area contributed by atoms with E-state index in [4.69, 9.17) is 4.74 Å². The molecule has 0 radical (unpaired) electrons. The number of hydrogen-bond acceptors (Lipinski definition) is 3. The molecule has 0 aliphatic carbocycles. The Morgan fingerprint density at radius 3 is 2.74 bits per heavy atom. The summed E-state index contributed by atoms with van der Waals surface area (Å²) in [4.78, 5) is 13.4. The number of benzene rings is 1. The van der Waals surface area contributed by atoms with Gasteiger partial charge in [0.15, 0.2) is 0 Å². The average Bonchev–Trinajstić information content (AvgIpc) is 2.69. The number of rotatable bonds is 4. The van der Waals surface area contributed by atoms with Crippen molar-refractivity contribution in [2.24, 2.45) is 0 Å². The second kappa shape index (κ2) is 5.89. The van der Waals surface area contributed by atoms with E-state index in [9.17, 15) is 4.79 Å². The molecule has 1 heterocycles. The molecule has 1 amide bonds. The van der Waals surface area contributed by atoms with Crippen LogP contribution in [0.15, 0.2) is 30.3 Å². The zero-order valence-corrected chi connectivity index (χ0v) is 12.1. The maximum Gasteiger partial charge on any atom is 0.256 e. The lowest BCUT2D eigenvalue weighted by Gasteiger charge is -2.06. The number of anilines is 1. The molecule has 3 nitrogen and oxygen atoms in total. The predicted molar refractivity (Wildman–Crippen MR) is 79.4 cm³/mol. The molecule has 100 valence electrons. The van der Waals surface area contributed by atoms with Gasteiger partial charge in [0.25, 0.3) is 5.91 Å². The van der Waals surface area contributed by atoms with Crippen LogP contribution in [-0.2, 0) is 0 Å². The summed E-state index contributed by atoms with van der Waals surface area (Å²) >= 11 is 1.59. The van der Waals surface area contributed by atoms with Crippen LogP contribution < -0.4 is 10.1 Å². The molecule has 0 aliphatic rings. The van der Waals surface area contributed by atoms with Gasteiger partial charge in [0, 0.05) is 10.4 Å². The lowest BCUT2D eigenvalue weighted by atomic mass is 10.2. The molecule has 0 unspecified atom stereocenters. The van der Waals surface area contributed by atoms with Crippen molar-refractivity contribution in [3.05, 3.63) is 46.3 Å². The number of amides is 1. The van der Waals surface area contributed by atoms with Gasteiger partial charge in [-0.25, -0.2) is 0 Å². The Morgan fingerprint density at radius 2 is 2.11 bits per heavy atom. The molecule has 0 fully saturated rings. The summed E-state index contributed by atoms with van der Waals surface area (Å²) in [6.45, 7) is 6.60. The van der Waals surface area contributed by atoms with E-state index in [1.165, 1.54) is 10.4 Å². The van der Waals surface area contributed by atoms with Crippen molar-refractivity contribution in [2.75, 3.05) is 11.9 Å². The Morgan fingerprint density at radius 1 is 1.32 bits per heavy atom. The topological polar surface area (TPSA) is 38.3 Å². The first-order valence-corrected chi connectivity index (χ1v) is 7.03. The number of hydrogen-bond donors (Lipinski definition) is 1. The fraction of sp³-hybridized carbons (Fsp3) is 0.267. The average molecular weight is 275 g/mol. The van der Waals surface area contributed by atoms with Crippen LogP contribution in [0.2, 0.25) is 0 Å². The van der Waals surface area contributed by atoms with Crippen molar-refractivity contribution in [3.63, 3.8) is 0 Å². The van der Waals surface area contributed by atoms with Crippen molar-refractivity contribution < 1.29 is 9.53 Å². The SMILES string of the molecule is CCOc1cccc(C(=O)Nc2cc(C)c(C)s2)c1. The van der Waals surface area contributed by atoms with Crippen LogP contribution in [-0.4, -0.2) is 12.5 Å². The van der Waals surface area contributed by atoms with E-state index >= 15 is 0 Å². The predicted octanol–water partition coefficient (Wildman–Crippen LogP) is 4.02. The van der Waals surface area contributed by atoms with Gasteiger partial charge in [0.05, 0.1) is 11.6 Å². The highest BCUT2D eigenvalue weighted by Crippen LogP contribution is 2.26. The quantitative estimate of drug-likeness (QED) is 0.915. The van der Waals surface area contributed by atoms with Crippen LogP contribution in [0.25, 0.3) is 0 Å². The van der Waals surface area contributed by atoms with Gasteiger partial charge in [-0.15, -0.1) is 11.3 Å². The fourth-order valence-corrected chi connectivity index (χ4v) is 2.64. The van der Waals surface area contributed by atoms with E-state index in [0.29, 0.717) is 17.9 Å². The number of thiophene rings is 1. The van der Waals surface area contributed by atoms with Crippen molar-refractivity contribution >= 4 is 22.2 Å². The molecule has 0 bridgehead atoms. The Bertz CT molecular complexity index is 570. The lowest BCUT2D eigenvalue weighted by Crippen LogP contribution is -2.10. The van der Waals surface area contributed by atoms with E-state index in [-0.39, 0.29) is 5.91 Å². The third-order valence-corrected chi connectivity index (χ3v) is 3.88. The van der Waals surface area contributed by atoms with Crippen LogP contribution in [0.5, 0.6) is 5.75 Å². The molecule has 0 spiro atoms. The maximum atomic E-state index is 12.1. The minimum absolute atomic E-state index is 0.109. The molecule has 2 aromatic rings. The van der Waals surface area contributed by atoms with E-state index in [1.807, 2.05) is 39.0 Å². The minimum Gasteiger partial charge on any atom is -0.494 e. The Labute approximate surface area is 117 Å². The van der Waals surface area contributed by atoms with Gasteiger partial charge in [-0.3, -0.25) is 4.79 Å². The van der Waals surface area contributed by atoms with E-state index in [2.05, 4.69) is 5.32 Å². The first-order valence-electron chi connectivity index (χ1n) is 6.21. The Kier molecular flexibility index (Phi) is 4.22. The van der Waals surface area contributed by atoms with Gasteiger partial charge in [-0.1, -0.05) is 6.07 Å². The fourth-order valence-electron chi connectivity index (χ4n) is 1.71. The summed E-state index contributed by atoms with van der Waals surface area (Å²) in [6, 6.07) is 9.20. The summed E-state index contributed by atoms with van der Waals surface area (Å²) in [5.41, 5.74) is 1.80. The summed E-state index contributed by atoms with van der Waals surface area (Å²) in [6.07, 6.45) is 0. The standard InChI is InChI=1S/C15H17NO2S/c1-4-18-13-7-5-6-12(9-13)15(17)16-14-8-10(2)11(3)19-14/h5-9H,4H2,1-3H3,(H,16,17). The van der Waals surface area contributed by atoms with E-state index in [0.717, 1.165) is 5.00 Å². The number of carbonyl (C=O) groups excluding carboxylic acids is 1. The molecule has 19 heavy (non-hydrogen) atoms. The van der Waals surface area contributed by atoms with Gasteiger partial charge < -0.3 is 10.1 Å². The molecule has 2 rings (SSSR count). The summed E-state index contributed by atoms with van der Waals surface area (Å²) in [5.74, 6) is 0.608. The molecular formula is C15H17NO2S. The van der Waals surface area contributed by atoms with Crippen LogP contribution in [0.1, 0.15) is 27.7 Å². The third kappa shape index (κ3) is 3.35. The largest absolute Gasteiger partial charge is 0.494 e. The first-order chi connectivity index (χ1) is 9.10. The zero-order valence-electron chi connectivity index (χ0n) is 11.3.